The zero-order valence-electron chi connectivity index (χ0n) is 13.7. The van der Waals surface area contributed by atoms with E-state index in [1.807, 2.05) is 0 Å². The van der Waals surface area contributed by atoms with Gasteiger partial charge in [-0.3, -0.25) is 14.8 Å². The Hall–Kier alpha value is -3.01. The molecule has 0 atom stereocenters. The fraction of sp³-hybridized carbons (Fsp3) is 0.200. The Kier molecular flexibility index (Phi) is 5.32. The average molecular weight is 368 g/mol. The lowest BCUT2D eigenvalue weighted by Crippen LogP contribution is -2.15. The van der Waals surface area contributed by atoms with Gasteiger partial charge in [0.25, 0.3) is 15.7 Å². The lowest BCUT2D eigenvalue weighted by Gasteiger charge is -2.14. The SMILES string of the molecule is COc1ccc(S(=O)(=O)Nc2ccc([N+](=O)[O-])cc2OC)c(OC)c1. The number of nitrogens with one attached hydrogen (secondary N) is 1. The van der Waals surface area contributed by atoms with Crippen molar-refractivity contribution in [3.63, 3.8) is 0 Å². The van der Waals surface area contributed by atoms with Crippen LogP contribution in [0.3, 0.4) is 0 Å². The summed E-state index contributed by atoms with van der Waals surface area (Å²) in [6.45, 7) is 0. The van der Waals surface area contributed by atoms with Gasteiger partial charge in [0.2, 0.25) is 0 Å². The highest BCUT2D eigenvalue weighted by molar-refractivity contribution is 7.92. The number of nitro benzene ring substituents is 1. The Labute approximate surface area is 144 Å². The summed E-state index contributed by atoms with van der Waals surface area (Å²) < 4.78 is 42.8. The molecular formula is C15H16N2O7S. The van der Waals surface area contributed by atoms with Crippen LogP contribution in [-0.4, -0.2) is 34.7 Å². The van der Waals surface area contributed by atoms with E-state index in [0.29, 0.717) is 5.75 Å². The van der Waals surface area contributed by atoms with Crippen LogP contribution >= 0.6 is 0 Å². The topological polar surface area (TPSA) is 117 Å². The Morgan fingerprint density at radius 1 is 0.960 bits per heavy atom. The number of hydrogen-bond acceptors (Lipinski definition) is 7. The molecule has 0 heterocycles. The van der Waals surface area contributed by atoms with E-state index in [-0.39, 0.29) is 27.8 Å². The van der Waals surface area contributed by atoms with Crippen LogP contribution in [0.25, 0.3) is 0 Å². The van der Waals surface area contributed by atoms with Gasteiger partial charge < -0.3 is 14.2 Å². The van der Waals surface area contributed by atoms with Crippen LogP contribution in [0, 0.1) is 10.1 Å². The molecule has 0 aliphatic rings. The van der Waals surface area contributed by atoms with Gasteiger partial charge in [0.15, 0.2) is 0 Å². The number of anilines is 1. The van der Waals surface area contributed by atoms with Gasteiger partial charge in [-0.2, -0.15) is 0 Å². The Morgan fingerprint density at radius 2 is 1.64 bits per heavy atom. The summed E-state index contributed by atoms with van der Waals surface area (Å²) in [5.41, 5.74) is -0.159. The molecule has 0 fully saturated rings. The maximum atomic E-state index is 12.6. The zero-order valence-corrected chi connectivity index (χ0v) is 14.5. The first-order chi connectivity index (χ1) is 11.8. The summed E-state index contributed by atoms with van der Waals surface area (Å²) in [6, 6.07) is 7.79. The zero-order chi connectivity index (χ0) is 18.6. The molecule has 0 saturated heterocycles. The number of methoxy groups -OCH3 is 3. The Balaban J connectivity index is 2.44. The van der Waals surface area contributed by atoms with Crippen LogP contribution in [0.15, 0.2) is 41.3 Å². The first-order valence-electron chi connectivity index (χ1n) is 6.89. The predicted molar refractivity (Wildman–Crippen MR) is 90.0 cm³/mol. The summed E-state index contributed by atoms with van der Waals surface area (Å²) >= 11 is 0. The predicted octanol–water partition coefficient (Wildman–Crippen LogP) is 2.42. The fourth-order valence-corrected chi connectivity index (χ4v) is 3.30. The third kappa shape index (κ3) is 3.91. The van der Waals surface area contributed by atoms with Crippen LogP contribution in [0.2, 0.25) is 0 Å². The van der Waals surface area contributed by atoms with Crippen LogP contribution in [0.4, 0.5) is 11.4 Å². The quantitative estimate of drug-likeness (QED) is 0.589. The summed E-state index contributed by atoms with van der Waals surface area (Å²) in [6.07, 6.45) is 0. The maximum Gasteiger partial charge on any atom is 0.273 e. The van der Waals surface area contributed by atoms with Crippen molar-refractivity contribution in [3.05, 3.63) is 46.5 Å². The molecule has 0 amide bonds. The van der Waals surface area contributed by atoms with Crippen LogP contribution in [0.1, 0.15) is 0 Å². The number of nitro groups is 1. The van der Waals surface area contributed by atoms with Crippen molar-refractivity contribution < 1.29 is 27.6 Å². The lowest BCUT2D eigenvalue weighted by molar-refractivity contribution is -0.384. The van der Waals surface area contributed by atoms with Gasteiger partial charge >= 0.3 is 0 Å². The molecule has 9 nitrogen and oxygen atoms in total. The Morgan fingerprint density at radius 3 is 2.20 bits per heavy atom. The molecule has 134 valence electrons. The van der Waals surface area contributed by atoms with Crippen molar-refractivity contribution in [1.82, 2.24) is 0 Å². The standard InChI is InChI=1S/C15H16N2O7S/c1-22-11-5-7-15(14(9-11)24-3)25(20,21)16-12-6-4-10(17(18)19)8-13(12)23-2/h4-9,16H,1-3H3. The molecule has 0 aliphatic heterocycles. The monoisotopic (exact) mass is 368 g/mol. The van der Waals surface area contributed by atoms with E-state index < -0.39 is 14.9 Å². The maximum absolute atomic E-state index is 12.6. The Bertz CT molecular complexity index is 897. The molecule has 0 saturated carbocycles. The second-order valence-electron chi connectivity index (χ2n) is 4.76. The van der Waals surface area contributed by atoms with E-state index in [9.17, 15) is 18.5 Å². The molecule has 25 heavy (non-hydrogen) atoms. The first-order valence-corrected chi connectivity index (χ1v) is 8.38. The van der Waals surface area contributed by atoms with Gasteiger partial charge in [0, 0.05) is 12.1 Å². The second-order valence-corrected chi connectivity index (χ2v) is 6.41. The molecule has 1 N–H and O–H groups in total. The van der Waals surface area contributed by atoms with Gasteiger partial charge in [0.05, 0.1) is 38.0 Å². The summed E-state index contributed by atoms with van der Waals surface area (Å²) in [7, 11) is 0.0363. The first kappa shape index (κ1) is 18.3. The minimum Gasteiger partial charge on any atom is -0.497 e. The lowest BCUT2D eigenvalue weighted by atomic mass is 10.2. The average Bonchev–Trinajstić information content (AvgIpc) is 2.60. The molecule has 0 spiro atoms. The van der Waals surface area contributed by atoms with E-state index in [1.165, 1.54) is 51.7 Å². The van der Waals surface area contributed by atoms with E-state index in [0.717, 1.165) is 6.07 Å². The fourth-order valence-electron chi connectivity index (χ4n) is 2.07. The van der Waals surface area contributed by atoms with Gasteiger partial charge in [0.1, 0.15) is 22.1 Å². The normalized spacial score (nSPS) is 10.8. The van der Waals surface area contributed by atoms with Crippen LogP contribution in [-0.2, 0) is 10.0 Å². The van der Waals surface area contributed by atoms with Crippen LogP contribution < -0.4 is 18.9 Å². The smallest absolute Gasteiger partial charge is 0.273 e. The van der Waals surface area contributed by atoms with E-state index >= 15 is 0 Å². The van der Waals surface area contributed by atoms with E-state index in [2.05, 4.69) is 4.72 Å². The van der Waals surface area contributed by atoms with Gasteiger partial charge in [-0.05, 0) is 18.2 Å². The molecule has 0 aliphatic carbocycles. The number of rotatable bonds is 7. The minimum atomic E-state index is -4.03. The second kappa shape index (κ2) is 7.26. The number of benzene rings is 2. The summed E-state index contributed by atoms with van der Waals surface area (Å²) in [4.78, 5) is 10.1. The third-order valence-electron chi connectivity index (χ3n) is 3.30. The van der Waals surface area contributed by atoms with Crippen LogP contribution in [0.5, 0.6) is 17.2 Å². The van der Waals surface area contributed by atoms with Gasteiger partial charge in [-0.1, -0.05) is 0 Å². The molecular weight excluding hydrogens is 352 g/mol. The highest BCUT2D eigenvalue weighted by Gasteiger charge is 2.22. The highest BCUT2D eigenvalue weighted by Crippen LogP contribution is 2.33. The molecule has 10 heteroatoms. The van der Waals surface area contributed by atoms with E-state index in [1.54, 1.807) is 0 Å². The van der Waals surface area contributed by atoms with Crippen molar-refractivity contribution in [2.45, 2.75) is 4.90 Å². The third-order valence-corrected chi connectivity index (χ3v) is 4.71. The number of ether oxygens (including phenoxy) is 3. The van der Waals surface area contributed by atoms with E-state index in [4.69, 9.17) is 14.2 Å². The molecule has 0 radical (unpaired) electrons. The number of hydrogen-bond donors (Lipinski definition) is 1. The molecule has 0 bridgehead atoms. The minimum absolute atomic E-state index is 0.0188. The highest BCUT2D eigenvalue weighted by atomic mass is 32.2. The largest absolute Gasteiger partial charge is 0.497 e. The molecule has 2 aromatic rings. The molecule has 0 aromatic heterocycles. The van der Waals surface area contributed by atoms with Gasteiger partial charge in [-0.15, -0.1) is 0 Å². The summed E-state index contributed by atoms with van der Waals surface area (Å²) in [5, 5.41) is 10.8. The molecule has 0 unspecified atom stereocenters. The summed E-state index contributed by atoms with van der Waals surface area (Å²) in [5.74, 6) is 0.543. The molecule has 2 rings (SSSR count). The van der Waals surface area contributed by atoms with Crippen molar-refractivity contribution in [2.75, 3.05) is 26.1 Å². The number of sulfonamides is 1. The van der Waals surface area contributed by atoms with Crippen molar-refractivity contribution in [3.8, 4) is 17.2 Å². The molecule has 2 aromatic carbocycles. The van der Waals surface area contributed by atoms with Crippen molar-refractivity contribution >= 4 is 21.4 Å². The van der Waals surface area contributed by atoms with Crippen molar-refractivity contribution in [1.29, 1.82) is 0 Å². The number of nitrogens with zero attached hydrogens (tertiary/aromatic N) is 1. The van der Waals surface area contributed by atoms with Gasteiger partial charge in [-0.25, -0.2) is 8.42 Å². The van der Waals surface area contributed by atoms with Crippen molar-refractivity contribution in [2.24, 2.45) is 0 Å². The number of non-ortho nitro benzene ring substituents is 1.